The molecule has 0 heterocycles. The lowest BCUT2D eigenvalue weighted by atomic mass is 9.95. The lowest BCUT2D eigenvalue weighted by Gasteiger charge is -2.24. The van der Waals surface area contributed by atoms with Gasteiger partial charge in [0.2, 0.25) is 23.6 Å². The molecule has 224 valence electrons. The minimum Gasteiger partial charge on any atom is -0.384 e. The van der Waals surface area contributed by atoms with Crippen molar-refractivity contribution in [3.63, 3.8) is 0 Å². The van der Waals surface area contributed by atoms with E-state index in [1.807, 2.05) is 6.07 Å². The van der Waals surface area contributed by atoms with Gasteiger partial charge in [0.05, 0.1) is 0 Å². The number of amidine groups is 1. The third-order valence-corrected chi connectivity index (χ3v) is 6.28. The standard InChI is InChI=1S/C29H39N9O4/c1-2-14-35-26(40)21(16-19-10-12-20(13-11-19)24(30)31)27(41)38-23(17-18-7-4-3-5-8-18)28(42)37-22(25(32)39)9-6-15-36-29(33)34/h2-5,7-8,10-13,21-23H,1,6,9,14-17H2,(H3,30,31)(H2,32,39)(H,35,40)(H,37,42)(H,38,41)(H4,33,34,36)/t21?,22-,23-/m0/s1. The number of guanidine groups is 1. The smallest absolute Gasteiger partial charge is 0.243 e. The number of carbonyl (C=O) groups excluding carboxylic acids is 4. The molecule has 0 aliphatic heterocycles. The first-order valence-corrected chi connectivity index (χ1v) is 13.3. The number of carbonyl (C=O) groups is 4. The fourth-order valence-electron chi connectivity index (χ4n) is 4.05. The number of hydrogen-bond acceptors (Lipinski definition) is 6. The Morgan fingerprint density at radius 1 is 0.833 bits per heavy atom. The Bertz CT molecular complexity index is 1280. The van der Waals surface area contributed by atoms with Gasteiger partial charge >= 0.3 is 0 Å². The summed E-state index contributed by atoms with van der Waals surface area (Å²) in [6, 6.07) is 13.4. The predicted octanol–water partition coefficient (Wildman–Crippen LogP) is -0.817. The number of benzene rings is 2. The van der Waals surface area contributed by atoms with Crippen LogP contribution in [0, 0.1) is 11.3 Å². The maximum Gasteiger partial charge on any atom is 0.243 e. The van der Waals surface area contributed by atoms with E-state index in [2.05, 4.69) is 27.5 Å². The van der Waals surface area contributed by atoms with Crippen LogP contribution in [-0.4, -0.2) is 60.6 Å². The van der Waals surface area contributed by atoms with Crippen LogP contribution in [0.1, 0.15) is 29.5 Å². The van der Waals surface area contributed by atoms with Gasteiger partial charge in [0.15, 0.2) is 5.96 Å². The molecule has 2 rings (SSSR count). The summed E-state index contributed by atoms with van der Waals surface area (Å²) >= 11 is 0. The Balaban J connectivity index is 2.29. The van der Waals surface area contributed by atoms with Gasteiger partial charge in [-0.15, -0.1) is 6.58 Å². The van der Waals surface area contributed by atoms with Crippen LogP contribution in [0.2, 0.25) is 0 Å². The van der Waals surface area contributed by atoms with Crippen LogP contribution in [0.3, 0.4) is 0 Å². The van der Waals surface area contributed by atoms with Gasteiger partial charge in [-0.3, -0.25) is 29.6 Å². The van der Waals surface area contributed by atoms with Crippen LogP contribution < -0.4 is 38.9 Å². The van der Waals surface area contributed by atoms with E-state index in [-0.39, 0.29) is 44.1 Å². The van der Waals surface area contributed by atoms with Gasteiger partial charge in [-0.25, -0.2) is 0 Å². The molecule has 2 aromatic rings. The van der Waals surface area contributed by atoms with Crippen molar-refractivity contribution < 1.29 is 19.2 Å². The molecule has 12 N–H and O–H groups in total. The quantitative estimate of drug-likeness (QED) is 0.0390. The molecule has 0 aliphatic carbocycles. The minimum atomic E-state index is -1.20. The van der Waals surface area contributed by atoms with E-state index in [4.69, 9.17) is 28.3 Å². The van der Waals surface area contributed by atoms with E-state index >= 15 is 0 Å². The Morgan fingerprint density at radius 3 is 2.02 bits per heavy atom. The van der Waals surface area contributed by atoms with Crippen LogP contribution in [0.4, 0.5) is 0 Å². The number of nitrogen functional groups attached to an aromatic ring is 1. The summed E-state index contributed by atoms with van der Waals surface area (Å²) in [5.74, 6) is -4.06. The number of rotatable bonds is 17. The van der Waals surface area contributed by atoms with Crippen molar-refractivity contribution in [2.45, 2.75) is 37.8 Å². The Kier molecular flexibility index (Phi) is 13.2. The number of amides is 4. The first-order chi connectivity index (χ1) is 20.0. The molecule has 2 aromatic carbocycles. The molecule has 0 saturated heterocycles. The molecule has 0 bridgehead atoms. The second kappa shape index (κ2) is 16.8. The maximum absolute atomic E-state index is 13.6. The molecular weight excluding hydrogens is 538 g/mol. The molecule has 13 heteroatoms. The monoisotopic (exact) mass is 577 g/mol. The second-order valence-electron chi connectivity index (χ2n) is 9.56. The van der Waals surface area contributed by atoms with E-state index in [0.717, 1.165) is 5.56 Å². The van der Waals surface area contributed by atoms with Gasteiger partial charge in [-0.1, -0.05) is 60.7 Å². The molecule has 0 radical (unpaired) electrons. The molecule has 42 heavy (non-hydrogen) atoms. The van der Waals surface area contributed by atoms with Gasteiger partial charge in [-0.2, -0.15) is 0 Å². The number of aliphatic imine (C=N–C) groups is 1. The minimum absolute atomic E-state index is 0.0153. The highest BCUT2D eigenvalue weighted by molar-refractivity contribution is 6.02. The molecule has 0 saturated carbocycles. The van der Waals surface area contributed by atoms with E-state index in [1.54, 1.807) is 48.5 Å². The SMILES string of the molecule is C=CCNC(=O)C(Cc1ccc(C(=N)N)cc1)C(=O)N[C@@H](Cc1ccccc1)C(=O)N[C@@H](CCCN=C(N)N)C(N)=O. The van der Waals surface area contributed by atoms with Crippen molar-refractivity contribution in [2.24, 2.45) is 33.8 Å². The molecule has 0 fully saturated rings. The van der Waals surface area contributed by atoms with Crippen LogP contribution >= 0.6 is 0 Å². The molecule has 0 aromatic heterocycles. The molecular formula is C29H39N9O4. The lowest BCUT2D eigenvalue weighted by Crippen LogP contribution is -2.55. The maximum atomic E-state index is 13.6. The van der Waals surface area contributed by atoms with Crippen LogP contribution in [0.5, 0.6) is 0 Å². The average molecular weight is 578 g/mol. The van der Waals surface area contributed by atoms with Gasteiger partial charge in [0, 0.05) is 25.1 Å². The van der Waals surface area contributed by atoms with Crippen molar-refractivity contribution in [2.75, 3.05) is 13.1 Å². The molecule has 4 amide bonds. The van der Waals surface area contributed by atoms with E-state index in [0.29, 0.717) is 17.5 Å². The van der Waals surface area contributed by atoms with Crippen molar-refractivity contribution >= 4 is 35.4 Å². The first-order valence-electron chi connectivity index (χ1n) is 13.3. The first kappa shape index (κ1) is 33.0. The zero-order chi connectivity index (χ0) is 31.1. The highest BCUT2D eigenvalue weighted by Crippen LogP contribution is 2.13. The lowest BCUT2D eigenvalue weighted by molar-refractivity contribution is -0.138. The number of nitrogens with zero attached hydrogens (tertiary/aromatic N) is 1. The predicted molar refractivity (Wildman–Crippen MR) is 161 cm³/mol. The normalized spacial score (nSPS) is 12.6. The average Bonchev–Trinajstić information content (AvgIpc) is 2.96. The van der Waals surface area contributed by atoms with E-state index in [1.165, 1.54) is 6.08 Å². The van der Waals surface area contributed by atoms with Crippen LogP contribution in [-0.2, 0) is 32.0 Å². The Hall–Kier alpha value is -5.20. The molecule has 13 nitrogen and oxygen atoms in total. The third kappa shape index (κ3) is 11.1. The largest absolute Gasteiger partial charge is 0.384 e. The van der Waals surface area contributed by atoms with Gasteiger partial charge in [-0.05, 0) is 30.4 Å². The van der Waals surface area contributed by atoms with Gasteiger partial charge < -0.3 is 38.9 Å². The van der Waals surface area contributed by atoms with Crippen molar-refractivity contribution in [1.29, 1.82) is 5.41 Å². The number of nitrogens with two attached hydrogens (primary N) is 4. The van der Waals surface area contributed by atoms with Crippen LogP contribution in [0.25, 0.3) is 0 Å². The Morgan fingerprint density at radius 2 is 1.45 bits per heavy atom. The van der Waals surface area contributed by atoms with Gasteiger partial charge in [0.1, 0.15) is 23.8 Å². The summed E-state index contributed by atoms with van der Waals surface area (Å²) in [4.78, 5) is 56.0. The fourth-order valence-corrected chi connectivity index (χ4v) is 4.05. The van der Waals surface area contributed by atoms with E-state index < -0.39 is 41.6 Å². The van der Waals surface area contributed by atoms with E-state index in [9.17, 15) is 19.2 Å². The summed E-state index contributed by atoms with van der Waals surface area (Å²) in [7, 11) is 0. The molecule has 0 spiro atoms. The molecule has 3 atom stereocenters. The van der Waals surface area contributed by atoms with Gasteiger partial charge in [0.25, 0.3) is 0 Å². The Labute approximate surface area is 244 Å². The summed E-state index contributed by atoms with van der Waals surface area (Å²) in [5.41, 5.74) is 23.6. The number of nitrogens with one attached hydrogen (secondary N) is 4. The molecule has 0 aliphatic rings. The summed E-state index contributed by atoms with van der Waals surface area (Å²) in [6.07, 6.45) is 2.13. The second-order valence-corrected chi connectivity index (χ2v) is 9.56. The highest BCUT2D eigenvalue weighted by Gasteiger charge is 2.32. The van der Waals surface area contributed by atoms with Crippen LogP contribution in [0.15, 0.2) is 72.2 Å². The van der Waals surface area contributed by atoms with Crippen molar-refractivity contribution in [3.05, 3.63) is 83.9 Å². The zero-order valence-electron chi connectivity index (χ0n) is 23.3. The summed E-state index contributed by atoms with van der Waals surface area (Å²) in [5, 5.41) is 15.5. The molecule has 1 unspecified atom stereocenters. The number of primary amides is 1. The summed E-state index contributed by atoms with van der Waals surface area (Å²) < 4.78 is 0. The topological polar surface area (TPSA) is 245 Å². The zero-order valence-corrected chi connectivity index (χ0v) is 23.3. The third-order valence-electron chi connectivity index (χ3n) is 6.28. The fraction of sp³-hybridized carbons (Fsp3) is 0.310. The van der Waals surface area contributed by atoms with Crippen molar-refractivity contribution in [1.82, 2.24) is 16.0 Å². The highest BCUT2D eigenvalue weighted by atomic mass is 16.2. The summed E-state index contributed by atoms with van der Waals surface area (Å²) in [6.45, 7) is 3.96. The number of hydrogen-bond donors (Lipinski definition) is 8. The van der Waals surface area contributed by atoms with Crippen molar-refractivity contribution in [3.8, 4) is 0 Å².